The maximum Gasteiger partial charge on any atom is 0.260 e. The number of piperidine rings is 1. The van der Waals surface area contributed by atoms with Gasteiger partial charge in [-0.05, 0) is 54.8 Å². The molecule has 1 aliphatic heterocycles. The number of amides is 2. The van der Waals surface area contributed by atoms with Gasteiger partial charge in [0.05, 0.1) is 5.92 Å². The number of hydrogen-bond donors (Lipinski definition) is 1. The topological polar surface area (TPSA) is 72.6 Å². The van der Waals surface area contributed by atoms with E-state index in [2.05, 4.69) is 15.9 Å². The van der Waals surface area contributed by atoms with E-state index >= 15 is 0 Å². The smallest absolute Gasteiger partial charge is 0.260 e. The quantitative estimate of drug-likeness (QED) is 0.850. The van der Waals surface area contributed by atoms with E-state index in [1.54, 1.807) is 4.90 Å². The molecular weight excluding hydrogens is 384 g/mol. The predicted octanol–water partition coefficient (Wildman–Crippen LogP) is 3.09. The molecule has 1 fully saturated rings. The molecule has 2 N–H and O–H groups in total. The number of benzene rings is 2. The molecule has 2 atom stereocenters. The van der Waals surface area contributed by atoms with Gasteiger partial charge in [-0.25, -0.2) is 0 Å². The molecule has 2 aromatic rings. The number of hydrogen-bond acceptors (Lipinski definition) is 3. The van der Waals surface area contributed by atoms with Crippen LogP contribution in [0.3, 0.4) is 0 Å². The van der Waals surface area contributed by atoms with Gasteiger partial charge in [-0.3, -0.25) is 9.59 Å². The summed E-state index contributed by atoms with van der Waals surface area (Å²) < 4.78 is 6.70. The second-order valence-corrected chi connectivity index (χ2v) is 7.43. The lowest BCUT2D eigenvalue weighted by atomic mass is 9.93. The largest absolute Gasteiger partial charge is 0.484 e. The van der Waals surface area contributed by atoms with Crippen molar-refractivity contribution in [2.45, 2.75) is 25.8 Å². The van der Waals surface area contributed by atoms with Crippen LogP contribution in [0, 0.1) is 5.92 Å². The van der Waals surface area contributed by atoms with Crippen molar-refractivity contribution in [2.75, 3.05) is 13.2 Å². The van der Waals surface area contributed by atoms with Crippen LogP contribution in [0.1, 0.15) is 19.8 Å². The first-order valence-corrected chi connectivity index (χ1v) is 9.14. The van der Waals surface area contributed by atoms with Crippen LogP contribution in [-0.4, -0.2) is 35.9 Å². The van der Waals surface area contributed by atoms with Crippen molar-refractivity contribution in [2.24, 2.45) is 11.7 Å². The zero-order chi connectivity index (χ0) is 18.0. The van der Waals surface area contributed by atoms with E-state index in [-0.39, 0.29) is 30.4 Å². The summed E-state index contributed by atoms with van der Waals surface area (Å²) in [5.74, 6) is -0.0702. The molecule has 0 radical (unpaired) electrons. The first kappa shape index (κ1) is 17.7. The van der Waals surface area contributed by atoms with Crippen LogP contribution in [-0.2, 0) is 9.59 Å². The minimum Gasteiger partial charge on any atom is -0.484 e. The van der Waals surface area contributed by atoms with Crippen molar-refractivity contribution < 1.29 is 14.3 Å². The molecule has 132 valence electrons. The van der Waals surface area contributed by atoms with Crippen molar-refractivity contribution in [3.8, 4) is 5.75 Å². The molecular formula is C19H21BrN2O3. The number of carbonyl (C=O) groups excluding carboxylic acids is 2. The summed E-state index contributed by atoms with van der Waals surface area (Å²) in [6.45, 7) is 2.32. The molecule has 0 saturated carbocycles. The maximum atomic E-state index is 12.5. The number of likely N-dealkylation sites (tertiary alicyclic amines) is 1. The average molecular weight is 405 g/mol. The minimum atomic E-state index is -0.341. The average Bonchev–Trinajstić information content (AvgIpc) is 2.59. The van der Waals surface area contributed by atoms with Crippen molar-refractivity contribution >= 4 is 38.5 Å². The summed E-state index contributed by atoms with van der Waals surface area (Å²) in [4.78, 5) is 25.6. The normalized spacial score (nSPS) is 20.5. The molecule has 5 nitrogen and oxygen atoms in total. The van der Waals surface area contributed by atoms with Gasteiger partial charge < -0.3 is 15.4 Å². The Kier molecular flexibility index (Phi) is 5.27. The van der Waals surface area contributed by atoms with E-state index in [1.807, 2.05) is 43.3 Å². The lowest BCUT2D eigenvalue weighted by molar-refractivity contribution is -0.139. The number of halogens is 1. The van der Waals surface area contributed by atoms with Crippen LogP contribution in [0.25, 0.3) is 10.8 Å². The molecule has 1 aliphatic rings. The second-order valence-electron chi connectivity index (χ2n) is 6.51. The van der Waals surface area contributed by atoms with Gasteiger partial charge in [-0.1, -0.05) is 28.1 Å². The first-order chi connectivity index (χ1) is 11.9. The summed E-state index contributed by atoms with van der Waals surface area (Å²) in [7, 11) is 0. The fourth-order valence-corrected chi connectivity index (χ4v) is 3.58. The molecule has 3 rings (SSSR count). The highest BCUT2D eigenvalue weighted by Gasteiger charge is 2.31. The third-order valence-corrected chi connectivity index (χ3v) is 5.23. The number of rotatable bonds is 4. The molecule has 1 saturated heterocycles. The number of ether oxygens (including phenoxy) is 1. The van der Waals surface area contributed by atoms with Gasteiger partial charge in [0.1, 0.15) is 5.75 Å². The van der Waals surface area contributed by atoms with E-state index in [0.29, 0.717) is 12.3 Å². The Labute approximate surface area is 155 Å². The van der Waals surface area contributed by atoms with Gasteiger partial charge in [-0.15, -0.1) is 0 Å². The Hall–Kier alpha value is -2.08. The predicted molar refractivity (Wildman–Crippen MR) is 100 cm³/mol. The third kappa shape index (κ3) is 4.12. The summed E-state index contributed by atoms with van der Waals surface area (Å²) >= 11 is 3.45. The lowest BCUT2D eigenvalue weighted by Gasteiger charge is -2.36. The maximum absolute atomic E-state index is 12.5. The summed E-state index contributed by atoms with van der Waals surface area (Å²) in [5, 5.41) is 2.15. The molecule has 2 unspecified atom stereocenters. The van der Waals surface area contributed by atoms with E-state index in [4.69, 9.17) is 10.5 Å². The van der Waals surface area contributed by atoms with Gasteiger partial charge in [0.15, 0.2) is 6.61 Å². The highest BCUT2D eigenvalue weighted by molar-refractivity contribution is 9.10. The number of nitrogens with two attached hydrogens (primary N) is 1. The van der Waals surface area contributed by atoms with Crippen molar-refractivity contribution in [3.63, 3.8) is 0 Å². The van der Waals surface area contributed by atoms with Crippen molar-refractivity contribution in [1.82, 2.24) is 4.90 Å². The van der Waals surface area contributed by atoms with Gasteiger partial charge in [0.2, 0.25) is 5.91 Å². The number of nitrogens with zero attached hydrogens (tertiary/aromatic N) is 1. The molecule has 25 heavy (non-hydrogen) atoms. The fourth-order valence-electron chi connectivity index (χ4n) is 3.20. The van der Waals surface area contributed by atoms with E-state index in [0.717, 1.165) is 28.1 Å². The van der Waals surface area contributed by atoms with Crippen molar-refractivity contribution in [3.05, 3.63) is 40.9 Å². The second kappa shape index (κ2) is 7.44. The van der Waals surface area contributed by atoms with Crippen LogP contribution >= 0.6 is 15.9 Å². The monoisotopic (exact) mass is 404 g/mol. The summed E-state index contributed by atoms with van der Waals surface area (Å²) in [6.07, 6.45) is 1.52. The molecule has 0 bridgehead atoms. The van der Waals surface area contributed by atoms with Crippen molar-refractivity contribution in [1.29, 1.82) is 0 Å². The summed E-state index contributed by atoms with van der Waals surface area (Å²) in [6, 6.07) is 11.8. The Morgan fingerprint density at radius 1 is 1.20 bits per heavy atom. The van der Waals surface area contributed by atoms with E-state index in [1.165, 1.54) is 0 Å². The molecule has 0 spiro atoms. The Balaban J connectivity index is 1.65. The van der Waals surface area contributed by atoms with Crippen LogP contribution in [0.4, 0.5) is 0 Å². The van der Waals surface area contributed by atoms with E-state index in [9.17, 15) is 9.59 Å². The Morgan fingerprint density at radius 2 is 1.92 bits per heavy atom. The van der Waals surface area contributed by atoms with Gasteiger partial charge in [0, 0.05) is 17.1 Å². The molecule has 2 aromatic carbocycles. The molecule has 1 heterocycles. The molecule has 2 amide bonds. The third-order valence-electron chi connectivity index (χ3n) is 4.74. The number of primary amides is 1. The van der Waals surface area contributed by atoms with Gasteiger partial charge in [-0.2, -0.15) is 0 Å². The number of carbonyl (C=O) groups is 2. The van der Waals surface area contributed by atoms with Crippen LogP contribution in [0.5, 0.6) is 5.75 Å². The fraction of sp³-hybridized carbons (Fsp3) is 0.368. The summed E-state index contributed by atoms with van der Waals surface area (Å²) in [5.41, 5.74) is 5.39. The van der Waals surface area contributed by atoms with Gasteiger partial charge in [0.25, 0.3) is 5.91 Å². The minimum absolute atomic E-state index is 0.0438. The van der Waals surface area contributed by atoms with Crippen LogP contribution in [0.2, 0.25) is 0 Å². The highest BCUT2D eigenvalue weighted by atomic mass is 79.9. The highest BCUT2D eigenvalue weighted by Crippen LogP contribution is 2.25. The SMILES string of the molecule is CC1CCC(C(N)=O)CN1C(=O)COc1ccc2cc(Br)ccc2c1. The standard InChI is InChI=1S/C19H21BrN2O3/c1-12-2-3-15(19(21)24)10-22(12)18(23)11-25-17-7-5-13-8-16(20)6-4-14(13)9-17/h4-9,12,15H,2-3,10-11H2,1H3,(H2,21,24). The van der Waals surface area contributed by atoms with E-state index < -0.39 is 0 Å². The van der Waals surface area contributed by atoms with Crippen LogP contribution < -0.4 is 10.5 Å². The van der Waals surface area contributed by atoms with Gasteiger partial charge >= 0.3 is 0 Å². The molecule has 0 aromatic heterocycles. The Bertz CT molecular complexity index is 808. The zero-order valence-corrected chi connectivity index (χ0v) is 15.7. The molecule has 6 heteroatoms. The molecule has 0 aliphatic carbocycles. The number of fused-ring (bicyclic) bond motifs is 1. The van der Waals surface area contributed by atoms with Crippen LogP contribution in [0.15, 0.2) is 40.9 Å². The lowest BCUT2D eigenvalue weighted by Crippen LogP contribution is -2.50. The Morgan fingerprint density at radius 3 is 2.68 bits per heavy atom. The first-order valence-electron chi connectivity index (χ1n) is 8.35. The zero-order valence-electron chi connectivity index (χ0n) is 14.1.